The molecule has 0 spiro atoms. The van der Waals surface area contributed by atoms with Gasteiger partial charge in [-0.3, -0.25) is 24.0 Å². The highest BCUT2D eigenvalue weighted by Crippen LogP contribution is 2.53. The fourth-order valence-corrected chi connectivity index (χ4v) is 6.38. The summed E-state index contributed by atoms with van der Waals surface area (Å²) >= 11 is 5.87. The largest absolute Gasteiger partial charge is 0.481 e. The number of halogens is 1. The van der Waals surface area contributed by atoms with E-state index < -0.39 is 24.5 Å². The van der Waals surface area contributed by atoms with E-state index in [1.54, 1.807) is 4.67 Å². The SMILES string of the molecule is CC(C)=CCC/C(C)=C/CC/C(C)=C/CC/C(C)=C\COP(=O)(OCc1ccc([N+](=O)[O-])o1)N(CCCCCl)CCCCC(=O)O. The zero-order chi connectivity index (χ0) is 34.4. The normalized spacial score (nSPS) is 14.0. The lowest BCUT2D eigenvalue weighted by molar-refractivity contribution is -0.402. The molecule has 0 fully saturated rings. The number of hydrogen-bond donors (Lipinski definition) is 1. The van der Waals surface area contributed by atoms with Gasteiger partial charge >= 0.3 is 19.6 Å². The molecule has 1 aromatic heterocycles. The van der Waals surface area contributed by atoms with Crippen LogP contribution in [0.25, 0.3) is 0 Å². The third-order valence-electron chi connectivity index (χ3n) is 7.22. The van der Waals surface area contributed by atoms with E-state index in [0.717, 1.165) is 44.1 Å². The topological polar surface area (TPSA) is 132 Å². The first-order chi connectivity index (χ1) is 21.9. The van der Waals surface area contributed by atoms with Gasteiger partial charge in [0.05, 0.1) is 12.7 Å². The summed E-state index contributed by atoms with van der Waals surface area (Å²) in [6.45, 7) is 11.0. The molecule has 0 aliphatic rings. The molecule has 0 bridgehead atoms. The van der Waals surface area contributed by atoms with E-state index in [2.05, 4.69) is 45.9 Å². The fraction of sp³-hybridized carbons (Fsp3) is 0.618. The van der Waals surface area contributed by atoms with E-state index in [4.69, 9.17) is 30.2 Å². The van der Waals surface area contributed by atoms with E-state index in [0.29, 0.717) is 44.7 Å². The van der Waals surface area contributed by atoms with Crippen molar-refractivity contribution < 1.29 is 32.9 Å². The summed E-state index contributed by atoms with van der Waals surface area (Å²) in [5.74, 6) is -0.749. The Kier molecular flexibility index (Phi) is 21.5. The first-order valence-electron chi connectivity index (χ1n) is 16.1. The van der Waals surface area contributed by atoms with Crippen LogP contribution in [0.5, 0.6) is 0 Å². The molecule has 0 aliphatic heterocycles. The van der Waals surface area contributed by atoms with Gasteiger partial charge in [-0.05, 0) is 105 Å². The van der Waals surface area contributed by atoms with Crippen LogP contribution >= 0.6 is 19.3 Å². The third-order valence-corrected chi connectivity index (χ3v) is 9.52. The fourth-order valence-electron chi connectivity index (χ4n) is 4.47. The minimum Gasteiger partial charge on any atom is -0.481 e. The second-order valence-electron chi connectivity index (χ2n) is 11.8. The first-order valence-corrected chi connectivity index (χ1v) is 18.1. The molecule has 12 heteroatoms. The molecule has 1 unspecified atom stereocenters. The van der Waals surface area contributed by atoms with Gasteiger partial charge in [-0.2, -0.15) is 0 Å². The summed E-state index contributed by atoms with van der Waals surface area (Å²) in [7, 11) is -3.90. The number of carbonyl (C=O) groups is 1. The number of aliphatic carboxylic acids is 1. The number of allylic oxidation sites excluding steroid dienone is 7. The van der Waals surface area contributed by atoms with Crippen molar-refractivity contribution in [3.63, 3.8) is 0 Å². The molecule has 0 saturated carbocycles. The average molecular weight is 685 g/mol. The number of hydrogen-bond acceptors (Lipinski definition) is 7. The first kappa shape index (κ1) is 41.5. The molecule has 0 saturated heterocycles. The van der Waals surface area contributed by atoms with Gasteiger partial charge in [-0.15, -0.1) is 11.6 Å². The Morgan fingerprint density at radius 1 is 0.891 bits per heavy atom. The predicted molar refractivity (Wildman–Crippen MR) is 185 cm³/mol. The van der Waals surface area contributed by atoms with Gasteiger partial charge in [-0.1, -0.05) is 46.6 Å². The van der Waals surface area contributed by atoms with Gasteiger partial charge in [0.15, 0.2) is 0 Å². The van der Waals surface area contributed by atoms with Crippen molar-refractivity contribution in [3.8, 4) is 0 Å². The van der Waals surface area contributed by atoms with Crippen LogP contribution in [-0.4, -0.2) is 46.2 Å². The highest BCUT2D eigenvalue weighted by molar-refractivity contribution is 7.51. The zero-order valence-corrected chi connectivity index (χ0v) is 30.0. The van der Waals surface area contributed by atoms with Gasteiger partial charge < -0.3 is 9.52 Å². The monoisotopic (exact) mass is 684 g/mol. The number of alkyl halides is 1. The van der Waals surface area contributed by atoms with Crippen molar-refractivity contribution in [1.29, 1.82) is 0 Å². The van der Waals surface area contributed by atoms with Crippen LogP contribution in [0.2, 0.25) is 0 Å². The Hall–Kier alpha value is -2.49. The van der Waals surface area contributed by atoms with Crippen LogP contribution in [-0.2, 0) is 25.0 Å². The van der Waals surface area contributed by atoms with E-state index in [9.17, 15) is 19.5 Å². The smallest absolute Gasteiger partial charge is 0.433 e. The summed E-state index contributed by atoms with van der Waals surface area (Å²) < 4.78 is 32.7. The summed E-state index contributed by atoms with van der Waals surface area (Å²) in [4.78, 5) is 21.4. The zero-order valence-electron chi connectivity index (χ0n) is 28.3. The molecule has 260 valence electrons. The number of nitrogens with zero attached hydrogens (tertiary/aromatic N) is 2. The van der Waals surface area contributed by atoms with E-state index in [1.807, 2.05) is 13.0 Å². The van der Waals surface area contributed by atoms with Crippen LogP contribution in [0.15, 0.2) is 63.1 Å². The molecule has 1 rings (SSSR count). The van der Waals surface area contributed by atoms with Crippen molar-refractivity contribution in [3.05, 3.63) is 74.6 Å². The van der Waals surface area contributed by atoms with Gasteiger partial charge in [0.2, 0.25) is 0 Å². The Balaban J connectivity index is 2.84. The van der Waals surface area contributed by atoms with E-state index in [-0.39, 0.29) is 25.4 Å². The molecule has 0 aliphatic carbocycles. The van der Waals surface area contributed by atoms with Crippen LogP contribution < -0.4 is 0 Å². The molecule has 1 aromatic rings. The maximum atomic E-state index is 14.2. The maximum absolute atomic E-state index is 14.2. The lowest BCUT2D eigenvalue weighted by Crippen LogP contribution is -2.26. The van der Waals surface area contributed by atoms with Crippen LogP contribution in [0.1, 0.15) is 111 Å². The number of carboxylic acid groups (broad SMARTS) is 1. The predicted octanol–water partition coefficient (Wildman–Crippen LogP) is 10.6. The van der Waals surface area contributed by atoms with Gasteiger partial charge in [-0.25, -0.2) is 9.24 Å². The molecule has 1 heterocycles. The molecular weight excluding hydrogens is 631 g/mol. The minimum atomic E-state index is -3.90. The van der Waals surface area contributed by atoms with Crippen LogP contribution in [0.3, 0.4) is 0 Å². The molecule has 1 atom stereocenters. The lowest BCUT2D eigenvalue weighted by atomic mass is 10.0. The second-order valence-corrected chi connectivity index (χ2v) is 14.2. The van der Waals surface area contributed by atoms with E-state index in [1.165, 1.54) is 28.9 Å². The minimum absolute atomic E-state index is 0.000395. The number of furan rings is 1. The Labute approximate surface area is 280 Å². The van der Waals surface area contributed by atoms with Gasteiger partial charge in [0.1, 0.15) is 17.3 Å². The average Bonchev–Trinajstić information content (AvgIpc) is 3.47. The third kappa shape index (κ3) is 19.2. The Morgan fingerprint density at radius 3 is 1.98 bits per heavy atom. The number of nitro groups is 1. The molecule has 0 radical (unpaired) electrons. The number of carboxylic acids is 1. The van der Waals surface area contributed by atoms with Gasteiger partial charge in [0.25, 0.3) is 0 Å². The summed E-state index contributed by atoms with van der Waals surface area (Å²) in [6, 6.07) is 2.61. The van der Waals surface area contributed by atoms with Gasteiger partial charge in [0, 0.05) is 25.4 Å². The maximum Gasteiger partial charge on any atom is 0.433 e. The summed E-state index contributed by atoms with van der Waals surface area (Å²) in [5, 5.41) is 20.0. The lowest BCUT2D eigenvalue weighted by Gasteiger charge is -2.30. The quantitative estimate of drug-likeness (QED) is 0.0253. The molecule has 0 amide bonds. The highest BCUT2D eigenvalue weighted by Gasteiger charge is 2.34. The van der Waals surface area contributed by atoms with Crippen molar-refractivity contribution in [2.75, 3.05) is 25.6 Å². The Morgan fingerprint density at radius 2 is 1.46 bits per heavy atom. The molecular formula is C34H54ClN2O8P. The second kappa shape index (κ2) is 23.8. The van der Waals surface area contributed by atoms with Crippen LogP contribution in [0, 0.1) is 10.1 Å². The number of rotatable bonds is 26. The van der Waals surface area contributed by atoms with Crippen molar-refractivity contribution in [1.82, 2.24) is 4.67 Å². The molecule has 46 heavy (non-hydrogen) atoms. The van der Waals surface area contributed by atoms with Crippen molar-refractivity contribution >= 4 is 31.2 Å². The molecule has 0 aromatic carbocycles. The highest BCUT2D eigenvalue weighted by atomic mass is 35.5. The summed E-state index contributed by atoms with van der Waals surface area (Å²) in [5.41, 5.74) is 5.22. The Bertz CT molecular complexity index is 1230. The standard InChI is InChI=1S/C34H54ClN2O8P/c1-28(2)13-10-14-29(3)15-11-16-30(4)17-12-18-31(5)22-26-43-46(42,44-27-32-20-21-33(45-32)37(40)41)36(25-9-7-23-35)24-8-6-19-34(38)39/h13,15,17,20-22H,6-12,14,16,18-19,23-27H2,1-5H3,(H,38,39)/b29-15+,30-17+,31-22-. The number of unbranched alkanes of at least 4 members (excludes halogenated alkanes) is 2. The van der Waals surface area contributed by atoms with Crippen molar-refractivity contribution in [2.45, 2.75) is 112 Å². The van der Waals surface area contributed by atoms with Crippen LogP contribution in [0.4, 0.5) is 5.88 Å². The molecule has 10 nitrogen and oxygen atoms in total. The molecule has 1 N–H and O–H groups in total. The van der Waals surface area contributed by atoms with Crippen molar-refractivity contribution in [2.24, 2.45) is 0 Å². The summed E-state index contributed by atoms with van der Waals surface area (Å²) in [6.07, 6.45) is 16.9. The van der Waals surface area contributed by atoms with E-state index >= 15 is 0 Å².